The van der Waals surface area contributed by atoms with Crippen molar-refractivity contribution in [2.45, 2.75) is 26.4 Å². The topological polar surface area (TPSA) is 68.4 Å². The predicted octanol–water partition coefficient (Wildman–Crippen LogP) is 4.58. The van der Waals surface area contributed by atoms with E-state index < -0.39 is 10.7 Å². The van der Waals surface area contributed by atoms with Crippen LogP contribution in [-0.2, 0) is 19.5 Å². The van der Waals surface area contributed by atoms with Crippen LogP contribution in [0.15, 0.2) is 57.8 Å². The summed E-state index contributed by atoms with van der Waals surface area (Å²) < 4.78 is 16.5. The van der Waals surface area contributed by atoms with E-state index in [1.807, 2.05) is 35.2 Å². The molecule has 6 nitrogen and oxygen atoms in total. The molecule has 0 unspecified atom stereocenters. The fourth-order valence-corrected chi connectivity index (χ4v) is 4.28. The molecule has 0 bridgehead atoms. The summed E-state index contributed by atoms with van der Waals surface area (Å²) in [5, 5.41) is 12.1. The van der Waals surface area contributed by atoms with E-state index in [1.54, 1.807) is 19.1 Å². The third-order valence-corrected chi connectivity index (χ3v) is 5.94. The van der Waals surface area contributed by atoms with Gasteiger partial charge in [-0.25, -0.2) is 4.39 Å². The zero-order chi connectivity index (χ0) is 21.4. The van der Waals surface area contributed by atoms with E-state index >= 15 is 0 Å². The van der Waals surface area contributed by atoms with Crippen LogP contribution in [0.5, 0.6) is 0 Å². The maximum Gasteiger partial charge on any atom is 0.313 e. The second kappa shape index (κ2) is 8.02. The van der Waals surface area contributed by atoms with Crippen molar-refractivity contribution in [3.05, 3.63) is 102 Å². The largest absolute Gasteiger partial charge is 0.346 e. The van der Waals surface area contributed by atoms with Crippen molar-refractivity contribution in [2.75, 3.05) is 11.4 Å². The van der Waals surface area contributed by atoms with E-state index in [9.17, 15) is 19.3 Å². The van der Waals surface area contributed by atoms with Crippen LogP contribution in [0.3, 0.4) is 0 Å². The monoisotopic (exact) mass is 471 g/mol. The lowest BCUT2D eigenvalue weighted by molar-refractivity contribution is -0.385. The van der Waals surface area contributed by atoms with Gasteiger partial charge < -0.3 is 4.90 Å². The van der Waals surface area contributed by atoms with Crippen LogP contribution in [0.25, 0.3) is 0 Å². The molecule has 1 aromatic heterocycles. The minimum absolute atomic E-state index is 0.0243. The Labute approximate surface area is 180 Å². The number of nitro groups is 1. The number of benzene rings is 2. The maximum absolute atomic E-state index is 14.4. The number of anilines is 1. The normalized spacial score (nSPS) is 12.8. The Balaban J connectivity index is 1.85. The van der Waals surface area contributed by atoms with Gasteiger partial charge in [-0.05, 0) is 30.2 Å². The summed E-state index contributed by atoms with van der Waals surface area (Å²) >= 11 is 3.22. The Morgan fingerprint density at radius 1 is 1.17 bits per heavy atom. The van der Waals surface area contributed by atoms with Crippen molar-refractivity contribution < 1.29 is 9.31 Å². The molecule has 30 heavy (non-hydrogen) atoms. The third-order valence-electron chi connectivity index (χ3n) is 5.45. The molecule has 2 heterocycles. The Morgan fingerprint density at radius 3 is 2.57 bits per heavy atom. The lowest BCUT2D eigenvalue weighted by atomic mass is 9.99. The third kappa shape index (κ3) is 3.63. The number of halogens is 2. The molecule has 3 aromatic rings. The zero-order valence-electron chi connectivity index (χ0n) is 16.3. The van der Waals surface area contributed by atoms with Gasteiger partial charge in [0.25, 0.3) is 5.56 Å². The standard InChI is InChI=1S/C22H19BrFN3O3/c1-14-18(11-16-7-8-17(23)12-19(16)24)20(27(29)30)21-25(9-10-26(21)22(14)28)13-15-5-3-2-4-6-15/h2-8,12H,9-11,13H2,1H3. The van der Waals surface area contributed by atoms with E-state index in [0.717, 1.165) is 5.56 Å². The molecule has 2 aromatic carbocycles. The molecular weight excluding hydrogens is 453 g/mol. The van der Waals surface area contributed by atoms with Crippen LogP contribution in [0.4, 0.5) is 15.9 Å². The van der Waals surface area contributed by atoms with E-state index in [1.165, 1.54) is 10.6 Å². The van der Waals surface area contributed by atoms with Gasteiger partial charge in [0.15, 0.2) is 5.82 Å². The van der Waals surface area contributed by atoms with Gasteiger partial charge >= 0.3 is 5.69 Å². The first kappa shape index (κ1) is 20.3. The number of hydrogen-bond acceptors (Lipinski definition) is 4. The summed E-state index contributed by atoms with van der Waals surface area (Å²) in [5.74, 6) is -0.174. The molecule has 1 aliphatic rings. The Hall–Kier alpha value is -3.00. The number of fused-ring (bicyclic) bond motifs is 1. The minimum atomic E-state index is -0.472. The van der Waals surface area contributed by atoms with Crippen molar-refractivity contribution in [1.82, 2.24) is 4.57 Å². The van der Waals surface area contributed by atoms with E-state index in [-0.39, 0.29) is 28.8 Å². The molecule has 0 saturated carbocycles. The van der Waals surface area contributed by atoms with Crippen LogP contribution < -0.4 is 10.5 Å². The predicted molar refractivity (Wildman–Crippen MR) is 116 cm³/mol. The van der Waals surface area contributed by atoms with Crippen LogP contribution in [0.1, 0.15) is 22.3 Å². The van der Waals surface area contributed by atoms with E-state index in [4.69, 9.17) is 0 Å². The lowest BCUT2D eigenvalue weighted by Crippen LogP contribution is -2.26. The number of hydrogen-bond donors (Lipinski definition) is 0. The number of pyridine rings is 1. The molecule has 1 aliphatic heterocycles. The Kier molecular flexibility index (Phi) is 5.42. The van der Waals surface area contributed by atoms with Crippen molar-refractivity contribution in [3.63, 3.8) is 0 Å². The summed E-state index contributed by atoms with van der Waals surface area (Å²) in [5.41, 5.74) is 1.46. The van der Waals surface area contributed by atoms with Crippen molar-refractivity contribution in [2.24, 2.45) is 0 Å². The number of rotatable bonds is 5. The summed E-state index contributed by atoms with van der Waals surface area (Å²) in [4.78, 5) is 26.5. The molecule has 0 aliphatic carbocycles. The fraction of sp³-hybridized carbons (Fsp3) is 0.227. The SMILES string of the molecule is Cc1c(Cc2ccc(Br)cc2F)c([N+](=O)[O-])c2n(c1=O)CCN2Cc1ccccc1. The van der Waals surface area contributed by atoms with Crippen LogP contribution in [0, 0.1) is 22.9 Å². The number of nitrogens with zero attached hydrogens (tertiary/aromatic N) is 3. The maximum atomic E-state index is 14.4. The average Bonchev–Trinajstić information content (AvgIpc) is 3.11. The Morgan fingerprint density at radius 2 is 1.90 bits per heavy atom. The first-order chi connectivity index (χ1) is 14.4. The van der Waals surface area contributed by atoms with Crippen LogP contribution >= 0.6 is 15.9 Å². The smallest absolute Gasteiger partial charge is 0.313 e. The molecule has 0 atom stereocenters. The molecular formula is C22H19BrFN3O3. The summed E-state index contributed by atoms with van der Waals surface area (Å²) in [6.45, 7) is 2.92. The van der Waals surface area contributed by atoms with Crippen molar-refractivity contribution in [1.29, 1.82) is 0 Å². The summed E-state index contributed by atoms with van der Waals surface area (Å²) in [6.07, 6.45) is -0.0243. The molecule has 0 amide bonds. The quantitative estimate of drug-likeness (QED) is 0.403. The molecule has 8 heteroatoms. The van der Waals surface area contributed by atoms with Crippen LogP contribution in [0.2, 0.25) is 0 Å². The highest BCUT2D eigenvalue weighted by molar-refractivity contribution is 9.10. The van der Waals surface area contributed by atoms with Gasteiger partial charge in [0.05, 0.1) is 4.92 Å². The summed E-state index contributed by atoms with van der Waals surface area (Å²) in [6, 6.07) is 14.2. The van der Waals surface area contributed by atoms with Gasteiger partial charge in [-0.15, -0.1) is 0 Å². The van der Waals surface area contributed by atoms with E-state index in [2.05, 4.69) is 15.9 Å². The molecule has 0 N–H and O–H groups in total. The molecule has 4 rings (SSSR count). The first-order valence-corrected chi connectivity index (χ1v) is 10.3. The molecule has 0 fully saturated rings. The average molecular weight is 472 g/mol. The first-order valence-electron chi connectivity index (χ1n) is 9.50. The van der Waals surface area contributed by atoms with Gasteiger partial charge in [0, 0.05) is 41.7 Å². The lowest BCUT2D eigenvalue weighted by Gasteiger charge is -2.20. The second-order valence-corrected chi connectivity index (χ2v) is 8.23. The van der Waals surface area contributed by atoms with Gasteiger partial charge in [0.2, 0.25) is 0 Å². The molecule has 0 spiro atoms. The molecule has 154 valence electrons. The highest BCUT2D eigenvalue weighted by Crippen LogP contribution is 2.37. The van der Waals surface area contributed by atoms with Gasteiger partial charge in [-0.2, -0.15) is 0 Å². The van der Waals surface area contributed by atoms with Gasteiger partial charge in [-0.1, -0.05) is 52.3 Å². The highest BCUT2D eigenvalue weighted by Gasteiger charge is 2.35. The van der Waals surface area contributed by atoms with Gasteiger partial charge in [0.1, 0.15) is 5.82 Å². The van der Waals surface area contributed by atoms with Crippen molar-refractivity contribution in [3.8, 4) is 0 Å². The molecule has 0 radical (unpaired) electrons. The van der Waals surface area contributed by atoms with Crippen molar-refractivity contribution >= 4 is 27.4 Å². The zero-order valence-corrected chi connectivity index (χ0v) is 17.9. The Bertz CT molecular complexity index is 1190. The number of aromatic nitrogens is 1. The molecule has 0 saturated heterocycles. The second-order valence-electron chi connectivity index (χ2n) is 7.31. The van der Waals surface area contributed by atoms with Gasteiger partial charge in [-0.3, -0.25) is 19.5 Å². The minimum Gasteiger partial charge on any atom is -0.346 e. The fourth-order valence-electron chi connectivity index (χ4n) is 3.94. The highest BCUT2D eigenvalue weighted by atomic mass is 79.9. The van der Waals surface area contributed by atoms with Crippen LogP contribution in [-0.4, -0.2) is 16.0 Å². The van der Waals surface area contributed by atoms with E-state index in [0.29, 0.717) is 35.5 Å². The summed E-state index contributed by atoms with van der Waals surface area (Å²) in [7, 11) is 0.